The zero-order chi connectivity index (χ0) is 13.2. The number of benzene rings is 2. The average molecular weight is 255 g/mol. The van der Waals surface area contributed by atoms with Crippen molar-refractivity contribution < 1.29 is 4.74 Å². The fourth-order valence-electron chi connectivity index (χ4n) is 3.11. The predicted octanol–water partition coefficient (Wildman–Crippen LogP) is 3.62. The standard InChI is InChI=1S/C17H21NO/c1-13-12-19-11-10-18(13)14(2)16-9-5-7-15-6-3-4-8-17(15)16/h3-9,13-14H,10-12H2,1-2H3. The number of hydrogen-bond donors (Lipinski definition) is 0. The summed E-state index contributed by atoms with van der Waals surface area (Å²) >= 11 is 0. The van der Waals surface area contributed by atoms with E-state index >= 15 is 0 Å². The van der Waals surface area contributed by atoms with Gasteiger partial charge in [-0.2, -0.15) is 0 Å². The van der Waals surface area contributed by atoms with Crippen LogP contribution in [0.15, 0.2) is 42.5 Å². The largest absolute Gasteiger partial charge is 0.379 e. The molecule has 1 heterocycles. The molecule has 0 aromatic heterocycles. The smallest absolute Gasteiger partial charge is 0.0620 e. The highest BCUT2D eigenvalue weighted by atomic mass is 16.5. The van der Waals surface area contributed by atoms with Crippen LogP contribution in [-0.4, -0.2) is 30.7 Å². The molecule has 2 unspecified atom stereocenters. The summed E-state index contributed by atoms with van der Waals surface area (Å²) < 4.78 is 5.54. The Kier molecular flexibility index (Phi) is 3.54. The molecular formula is C17H21NO. The summed E-state index contributed by atoms with van der Waals surface area (Å²) in [7, 11) is 0. The lowest BCUT2D eigenvalue weighted by Gasteiger charge is -2.38. The van der Waals surface area contributed by atoms with Crippen LogP contribution in [-0.2, 0) is 4.74 Å². The Hall–Kier alpha value is -1.38. The van der Waals surface area contributed by atoms with E-state index in [4.69, 9.17) is 4.74 Å². The van der Waals surface area contributed by atoms with E-state index in [0.29, 0.717) is 12.1 Å². The SMILES string of the molecule is CC1COCCN1C(C)c1cccc2ccccc12. The molecule has 1 aliphatic rings. The summed E-state index contributed by atoms with van der Waals surface area (Å²) in [4.78, 5) is 2.55. The zero-order valence-corrected chi connectivity index (χ0v) is 11.7. The van der Waals surface area contributed by atoms with Gasteiger partial charge in [0.1, 0.15) is 0 Å². The van der Waals surface area contributed by atoms with Crippen molar-refractivity contribution in [3.05, 3.63) is 48.0 Å². The molecule has 2 aromatic rings. The van der Waals surface area contributed by atoms with E-state index in [0.717, 1.165) is 19.8 Å². The van der Waals surface area contributed by atoms with Crippen molar-refractivity contribution in [1.29, 1.82) is 0 Å². The minimum absolute atomic E-state index is 0.435. The third-order valence-electron chi connectivity index (χ3n) is 4.19. The molecule has 0 spiro atoms. The van der Waals surface area contributed by atoms with Gasteiger partial charge in [0.05, 0.1) is 13.2 Å². The first-order valence-electron chi connectivity index (χ1n) is 7.08. The van der Waals surface area contributed by atoms with Crippen LogP contribution >= 0.6 is 0 Å². The van der Waals surface area contributed by atoms with Crippen molar-refractivity contribution in [2.24, 2.45) is 0 Å². The van der Waals surface area contributed by atoms with Gasteiger partial charge in [-0.25, -0.2) is 0 Å². The van der Waals surface area contributed by atoms with E-state index in [9.17, 15) is 0 Å². The fraction of sp³-hybridized carbons (Fsp3) is 0.412. The van der Waals surface area contributed by atoms with Gasteiger partial charge in [0.15, 0.2) is 0 Å². The minimum Gasteiger partial charge on any atom is -0.379 e. The summed E-state index contributed by atoms with van der Waals surface area (Å²) in [6, 6.07) is 16.2. The maximum Gasteiger partial charge on any atom is 0.0620 e. The molecule has 1 aliphatic heterocycles. The molecule has 1 saturated heterocycles. The number of ether oxygens (including phenoxy) is 1. The monoisotopic (exact) mass is 255 g/mol. The zero-order valence-electron chi connectivity index (χ0n) is 11.7. The highest BCUT2D eigenvalue weighted by Crippen LogP contribution is 2.30. The van der Waals surface area contributed by atoms with Crippen LogP contribution in [0.5, 0.6) is 0 Å². The molecule has 100 valence electrons. The maximum absolute atomic E-state index is 5.54. The van der Waals surface area contributed by atoms with Gasteiger partial charge in [-0.15, -0.1) is 0 Å². The number of nitrogens with zero attached hydrogens (tertiary/aromatic N) is 1. The lowest BCUT2D eigenvalue weighted by molar-refractivity contribution is -0.0188. The molecule has 0 amide bonds. The topological polar surface area (TPSA) is 12.5 Å². The van der Waals surface area contributed by atoms with E-state index in [-0.39, 0.29) is 0 Å². The molecule has 1 fully saturated rings. The van der Waals surface area contributed by atoms with Crippen LogP contribution in [0, 0.1) is 0 Å². The summed E-state index contributed by atoms with van der Waals surface area (Å²) in [5.74, 6) is 0. The Morgan fingerprint density at radius 2 is 1.95 bits per heavy atom. The number of morpholine rings is 1. The average Bonchev–Trinajstić information content (AvgIpc) is 2.46. The third kappa shape index (κ3) is 2.38. The molecule has 0 saturated carbocycles. The third-order valence-corrected chi connectivity index (χ3v) is 4.19. The van der Waals surface area contributed by atoms with Crippen LogP contribution in [0.1, 0.15) is 25.5 Å². The van der Waals surface area contributed by atoms with Crippen LogP contribution in [0.2, 0.25) is 0 Å². The Bertz CT molecular complexity index is 561. The van der Waals surface area contributed by atoms with E-state index in [2.05, 4.69) is 61.2 Å². The molecule has 0 bridgehead atoms. The second kappa shape index (κ2) is 5.32. The molecule has 0 radical (unpaired) electrons. The van der Waals surface area contributed by atoms with Gasteiger partial charge >= 0.3 is 0 Å². The van der Waals surface area contributed by atoms with Gasteiger partial charge in [-0.05, 0) is 30.2 Å². The molecule has 2 heteroatoms. The quantitative estimate of drug-likeness (QED) is 0.812. The number of hydrogen-bond acceptors (Lipinski definition) is 2. The van der Waals surface area contributed by atoms with Crippen LogP contribution < -0.4 is 0 Å². The van der Waals surface area contributed by atoms with Crippen LogP contribution in [0.4, 0.5) is 0 Å². The van der Waals surface area contributed by atoms with Crippen LogP contribution in [0.25, 0.3) is 10.8 Å². The van der Waals surface area contributed by atoms with Crippen molar-refractivity contribution in [2.75, 3.05) is 19.8 Å². The molecule has 2 atom stereocenters. The van der Waals surface area contributed by atoms with Gasteiger partial charge in [0, 0.05) is 18.6 Å². The molecule has 2 nitrogen and oxygen atoms in total. The molecule has 0 N–H and O–H groups in total. The van der Waals surface area contributed by atoms with Crippen molar-refractivity contribution >= 4 is 10.8 Å². The summed E-state index contributed by atoms with van der Waals surface area (Å²) in [5.41, 5.74) is 1.42. The Labute approximate surface area is 115 Å². The van der Waals surface area contributed by atoms with Crippen molar-refractivity contribution in [2.45, 2.75) is 25.9 Å². The summed E-state index contributed by atoms with van der Waals surface area (Å²) in [6.45, 7) is 7.27. The Morgan fingerprint density at radius 3 is 2.79 bits per heavy atom. The lowest BCUT2D eigenvalue weighted by Crippen LogP contribution is -2.44. The van der Waals surface area contributed by atoms with E-state index in [1.165, 1.54) is 16.3 Å². The van der Waals surface area contributed by atoms with E-state index in [1.807, 2.05) is 0 Å². The molecular weight excluding hydrogens is 234 g/mol. The van der Waals surface area contributed by atoms with Gasteiger partial charge in [0.2, 0.25) is 0 Å². The normalized spacial score (nSPS) is 22.5. The first-order valence-corrected chi connectivity index (χ1v) is 7.08. The fourth-order valence-corrected chi connectivity index (χ4v) is 3.11. The van der Waals surface area contributed by atoms with Crippen molar-refractivity contribution in [1.82, 2.24) is 4.90 Å². The summed E-state index contributed by atoms with van der Waals surface area (Å²) in [5, 5.41) is 2.70. The molecule has 0 aliphatic carbocycles. The second-order valence-corrected chi connectivity index (χ2v) is 5.41. The molecule has 2 aromatic carbocycles. The van der Waals surface area contributed by atoms with E-state index < -0.39 is 0 Å². The second-order valence-electron chi connectivity index (χ2n) is 5.41. The highest BCUT2D eigenvalue weighted by molar-refractivity contribution is 5.86. The maximum atomic E-state index is 5.54. The van der Waals surface area contributed by atoms with Gasteiger partial charge in [-0.3, -0.25) is 4.90 Å². The van der Waals surface area contributed by atoms with E-state index in [1.54, 1.807) is 0 Å². The van der Waals surface area contributed by atoms with Crippen molar-refractivity contribution in [3.8, 4) is 0 Å². The van der Waals surface area contributed by atoms with Gasteiger partial charge in [-0.1, -0.05) is 42.5 Å². The highest BCUT2D eigenvalue weighted by Gasteiger charge is 2.25. The first-order chi connectivity index (χ1) is 9.27. The first kappa shape index (κ1) is 12.6. The molecule has 3 rings (SSSR count). The van der Waals surface area contributed by atoms with Gasteiger partial charge in [0.25, 0.3) is 0 Å². The number of fused-ring (bicyclic) bond motifs is 1. The Balaban J connectivity index is 1.99. The molecule has 19 heavy (non-hydrogen) atoms. The number of rotatable bonds is 2. The Morgan fingerprint density at radius 1 is 1.16 bits per heavy atom. The van der Waals surface area contributed by atoms with Crippen molar-refractivity contribution in [3.63, 3.8) is 0 Å². The lowest BCUT2D eigenvalue weighted by atomic mass is 9.97. The predicted molar refractivity (Wildman–Crippen MR) is 79.4 cm³/mol. The minimum atomic E-state index is 0.435. The summed E-state index contributed by atoms with van der Waals surface area (Å²) in [6.07, 6.45) is 0. The van der Waals surface area contributed by atoms with Crippen LogP contribution in [0.3, 0.4) is 0 Å². The van der Waals surface area contributed by atoms with Gasteiger partial charge < -0.3 is 4.74 Å².